The number of carboxylic acid groups (broad SMARTS) is 1. The Morgan fingerprint density at radius 1 is 1.14 bits per heavy atom. The largest absolute Gasteiger partial charge is 0.465 e. The van der Waals surface area contributed by atoms with E-state index in [1.165, 1.54) is 13.2 Å². The van der Waals surface area contributed by atoms with E-state index in [1.807, 2.05) is 6.07 Å². The minimum absolute atomic E-state index is 0.219. The lowest BCUT2D eigenvalue weighted by molar-refractivity contribution is -0.139. The summed E-state index contributed by atoms with van der Waals surface area (Å²) in [5, 5.41) is 17.8. The Labute approximate surface area is 201 Å². The third-order valence-electron chi connectivity index (χ3n) is 6.12. The van der Waals surface area contributed by atoms with E-state index >= 15 is 0 Å². The summed E-state index contributed by atoms with van der Waals surface area (Å²) >= 11 is 0. The van der Waals surface area contributed by atoms with Gasteiger partial charge >= 0.3 is 12.3 Å². The van der Waals surface area contributed by atoms with Crippen molar-refractivity contribution in [3.05, 3.63) is 54.1 Å². The summed E-state index contributed by atoms with van der Waals surface area (Å²) in [5.74, 6) is 0. The maximum atomic E-state index is 13.6. The molecule has 0 unspecified atom stereocenters. The fourth-order valence-electron chi connectivity index (χ4n) is 3.98. The molecule has 35 heavy (non-hydrogen) atoms. The average Bonchev–Trinajstić information content (AvgIpc) is 3.40. The van der Waals surface area contributed by atoms with Crippen LogP contribution in [0.1, 0.15) is 37.7 Å². The molecule has 0 bridgehead atoms. The number of carbonyl (C=O) groups is 1. The van der Waals surface area contributed by atoms with E-state index in [2.05, 4.69) is 5.32 Å². The monoisotopic (exact) mass is 510 g/mol. The molecule has 4 rings (SSSR count). The first-order valence-electron chi connectivity index (χ1n) is 10.9. The Morgan fingerprint density at radius 2 is 1.80 bits per heavy atom. The predicted molar refractivity (Wildman–Crippen MR) is 121 cm³/mol. The minimum atomic E-state index is -4.76. The van der Waals surface area contributed by atoms with E-state index in [0.717, 1.165) is 12.1 Å². The van der Waals surface area contributed by atoms with Crippen LogP contribution in [0.5, 0.6) is 0 Å². The van der Waals surface area contributed by atoms with Crippen molar-refractivity contribution in [3.63, 3.8) is 0 Å². The molecule has 0 heterocycles. The molecule has 2 aromatic carbocycles. The lowest BCUT2D eigenvalue weighted by Crippen LogP contribution is -2.33. The molecule has 0 spiro atoms. The SMILES string of the molecule is CO[C@H]1CC[C@H](S(=O)(=O)c2ccc(-c3ccccc3)cc2C(F)(F)F)C1.N#CC1(NC(=O)O)CC1. The van der Waals surface area contributed by atoms with Gasteiger partial charge in [0.2, 0.25) is 0 Å². The van der Waals surface area contributed by atoms with Crippen LogP contribution >= 0.6 is 0 Å². The van der Waals surface area contributed by atoms with Gasteiger partial charge in [0.25, 0.3) is 0 Å². The number of amides is 1. The topological polar surface area (TPSA) is 116 Å². The maximum absolute atomic E-state index is 13.6. The molecular formula is C24H25F3N2O5S. The van der Waals surface area contributed by atoms with Crippen LogP contribution in [0, 0.1) is 11.3 Å². The number of nitrogens with one attached hydrogen (secondary N) is 1. The number of alkyl halides is 3. The third-order valence-corrected chi connectivity index (χ3v) is 8.39. The Morgan fingerprint density at radius 3 is 2.26 bits per heavy atom. The Bertz CT molecular complexity index is 1210. The number of ether oxygens (including phenoxy) is 1. The van der Waals surface area contributed by atoms with Crippen LogP contribution in [0.25, 0.3) is 11.1 Å². The number of nitrogens with zero attached hydrogens (tertiary/aromatic N) is 1. The zero-order valence-electron chi connectivity index (χ0n) is 18.9. The molecule has 2 fully saturated rings. The highest BCUT2D eigenvalue weighted by Crippen LogP contribution is 2.40. The average molecular weight is 511 g/mol. The molecule has 0 aliphatic heterocycles. The van der Waals surface area contributed by atoms with Crippen molar-refractivity contribution in [1.29, 1.82) is 5.26 Å². The molecule has 0 saturated heterocycles. The first-order valence-corrected chi connectivity index (χ1v) is 12.4. The van der Waals surface area contributed by atoms with Gasteiger partial charge in [0.05, 0.1) is 27.9 Å². The van der Waals surface area contributed by atoms with Crippen LogP contribution in [0.4, 0.5) is 18.0 Å². The summed E-state index contributed by atoms with van der Waals surface area (Å²) in [6.07, 6.45) is -3.75. The van der Waals surface area contributed by atoms with Crippen molar-refractivity contribution in [3.8, 4) is 17.2 Å². The molecular weight excluding hydrogens is 485 g/mol. The van der Waals surface area contributed by atoms with Gasteiger partial charge in [-0.3, -0.25) is 0 Å². The van der Waals surface area contributed by atoms with Crippen LogP contribution in [-0.2, 0) is 20.8 Å². The molecule has 2 aliphatic rings. The number of hydrogen-bond donors (Lipinski definition) is 2. The van der Waals surface area contributed by atoms with E-state index in [1.54, 1.807) is 30.3 Å². The summed E-state index contributed by atoms with van der Waals surface area (Å²) in [6, 6.07) is 13.9. The second-order valence-corrected chi connectivity index (χ2v) is 10.7. The smallest absolute Gasteiger partial charge is 0.417 e. The Kier molecular flexibility index (Phi) is 7.77. The fraction of sp³-hybridized carbons (Fsp3) is 0.417. The van der Waals surface area contributed by atoms with Gasteiger partial charge in [0.1, 0.15) is 5.54 Å². The highest BCUT2D eigenvalue weighted by molar-refractivity contribution is 7.92. The molecule has 188 valence electrons. The van der Waals surface area contributed by atoms with Gasteiger partial charge < -0.3 is 15.2 Å². The van der Waals surface area contributed by atoms with Crippen molar-refractivity contribution in [2.45, 2.75) is 60.1 Å². The third kappa shape index (κ3) is 6.32. The number of sulfone groups is 1. The molecule has 2 N–H and O–H groups in total. The molecule has 0 radical (unpaired) electrons. The van der Waals surface area contributed by atoms with Gasteiger partial charge in [-0.05, 0) is 55.4 Å². The van der Waals surface area contributed by atoms with Gasteiger partial charge in [-0.15, -0.1) is 0 Å². The molecule has 2 aromatic rings. The summed E-state index contributed by atoms with van der Waals surface area (Å²) in [4.78, 5) is 9.30. The van der Waals surface area contributed by atoms with Crippen molar-refractivity contribution in [2.75, 3.05) is 7.11 Å². The zero-order valence-corrected chi connectivity index (χ0v) is 19.7. The summed E-state index contributed by atoms with van der Waals surface area (Å²) in [6.45, 7) is 0. The molecule has 2 aliphatic carbocycles. The van der Waals surface area contributed by atoms with Crippen LogP contribution in [0.15, 0.2) is 53.4 Å². The van der Waals surface area contributed by atoms with Gasteiger partial charge in [-0.2, -0.15) is 18.4 Å². The van der Waals surface area contributed by atoms with E-state index in [-0.39, 0.29) is 12.5 Å². The van der Waals surface area contributed by atoms with Gasteiger partial charge in [-0.1, -0.05) is 36.4 Å². The van der Waals surface area contributed by atoms with Crippen molar-refractivity contribution < 1.29 is 36.2 Å². The summed E-state index contributed by atoms with van der Waals surface area (Å²) in [5.41, 5.74) is -0.911. The standard InChI is InChI=1S/C19H19F3O3S.C5H6N2O2/c1-25-15-8-9-16(12-15)26(23,24)18-10-7-14(11-17(18)19(20,21)22)13-5-3-2-4-6-13;6-3-5(1-2-5)7-4(8)9/h2-7,10-11,15-16H,8-9,12H2,1H3;7H,1-2H2,(H,8,9)/t15-,16-;/m0./s1. The predicted octanol–water partition coefficient (Wildman–Crippen LogP) is 5.02. The van der Waals surface area contributed by atoms with Crippen molar-refractivity contribution in [2.24, 2.45) is 0 Å². The first-order chi connectivity index (χ1) is 16.4. The Hall–Kier alpha value is -3.10. The van der Waals surface area contributed by atoms with E-state index < -0.39 is 43.4 Å². The van der Waals surface area contributed by atoms with Crippen LogP contribution in [0.3, 0.4) is 0 Å². The number of methoxy groups -OCH3 is 1. The number of benzene rings is 2. The quantitative estimate of drug-likeness (QED) is 0.583. The molecule has 7 nitrogen and oxygen atoms in total. The van der Waals surface area contributed by atoms with Crippen LogP contribution in [0.2, 0.25) is 0 Å². The second-order valence-electron chi connectivity index (χ2n) is 8.54. The molecule has 0 aromatic heterocycles. The normalized spacial score (nSPS) is 20.8. The number of nitriles is 1. The Balaban J connectivity index is 0.000000320. The zero-order chi connectivity index (χ0) is 25.9. The number of hydrogen-bond acceptors (Lipinski definition) is 5. The van der Waals surface area contributed by atoms with Gasteiger partial charge in [0, 0.05) is 7.11 Å². The number of halogens is 3. The van der Waals surface area contributed by atoms with Gasteiger partial charge in [0.15, 0.2) is 9.84 Å². The first kappa shape index (κ1) is 26.5. The number of rotatable bonds is 5. The van der Waals surface area contributed by atoms with Crippen LogP contribution < -0.4 is 5.32 Å². The van der Waals surface area contributed by atoms with E-state index in [9.17, 15) is 26.4 Å². The lowest BCUT2D eigenvalue weighted by Gasteiger charge is -2.18. The van der Waals surface area contributed by atoms with E-state index in [0.29, 0.717) is 36.8 Å². The summed E-state index contributed by atoms with van der Waals surface area (Å²) in [7, 11) is -2.61. The second kappa shape index (κ2) is 10.3. The summed E-state index contributed by atoms with van der Waals surface area (Å²) < 4.78 is 71.7. The van der Waals surface area contributed by atoms with Crippen LogP contribution in [-0.4, -0.2) is 43.6 Å². The van der Waals surface area contributed by atoms with E-state index in [4.69, 9.17) is 15.1 Å². The molecule has 11 heteroatoms. The molecule has 2 saturated carbocycles. The van der Waals surface area contributed by atoms with Gasteiger partial charge in [-0.25, -0.2) is 13.2 Å². The maximum Gasteiger partial charge on any atom is 0.417 e. The molecule has 2 atom stereocenters. The lowest BCUT2D eigenvalue weighted by atomic mass is 10.0. The minimum Gasteiger partial charge on any atom is -0.465 e. The fourth-order valence-corrected chi connectivity index (χ4v) is 5.99. The van der Waals surface area contributed by atoms with Crippen molar-refractivity contribution >= 4 is 15.9 Å². The van der Waals surface area contributed by atoms with Crippen molar-refractivity contribution in [1.82, 2.24) is 5.32 Å². The molecule has 1 amide bonds. The highest BCUT2D eigenvalue weighted by Gasteiger charge is 2.45. The highest BCUT2D eigenvalue weighted by atomic mass is 32.2.